The first kappa shape index (κ1) is 12.7. The van der Waals surface area contributed by atoms with Crippen LogP contribution < -0.4 is 5.32 Å². The fraction of sp³-hybridized carbons (Fsp3) is 0.417. The average Bonchev–Trinajstić information content (AvgIpc) is 2.90. The van der Waals surface area contributed by atoms with E-state index in [1.807, 2.05) is 12.1 Å². The van der Waals surface area contributed by atoms with Gasteiger partial charge in [-0.05, 0) is 54.0 Å². The van der Waals surface area contributed by atoms with Crippen LogP contribution in [0.2, 0.25) is 0 Å². The molecule has 3 rings (SSSR count). The van der Waals surface area contributed by atoms with Gasteiger partial charge >= 0.3 is 0 Å². The third-order valence-corrected chi connectivity index (χ3v) is 3.87. The van der Waals surface area contributed by atoms with Crippen molar-refractivity contribution in [2.45, 2.75) is 18.4 Å². The summed E-state index contributed by atoms with van der Waals surface area (Å²) in [6, 6.07) is 3.67. The SMILES string of the molecule is OC1(c2nc(-c3ncccc3Br)no2)CCNCC1. The van der Waals surface area contributed by atoms with Gasteiger partial charge in [0.2, 0.25) is 5.82 Å². The highest BCUT2D eigenvalue weighted by Crippen LogP contribution is 2.31. The maximum absolute atomic E-state index is 10.5. The zero-order chi connectivity index (χ0) is 13.3. The summed E-state index contributed by atoms with van der Waals surface area (Å²) < 4.78 is 6.01. The van der Waals surface area contributed by atoms with Crippen LogP contribution in [-0.2, 0) is 5.60 Å². The van der Waals surface area contributed by atoms with Crippen LogP contribution >= 0.6 is 15.9 Å². The van der Waals surface area contributed by atoms with Crippen molar-refractivity contribution in [3.8, 4) is 11.5 Å². The lowest BCUT2D eigenvalue weighted by atomic mass is 9.92. The quantitative estimate of drug-likeness (QED) is 0.870. The van der Waals surface area contributed by atoms with Gasteiger partial charge in [-0.2, -0.15) is 4.98 Å². The van der Waals surface area contributed by atoms with E-state index in [1.165, 1.54) is 0 Å². The number of nitrogens with zero attached hydrogens (tertiary/aromatic N) is 3. The summed E-state index contributed by atoms with van der Waals surface area (Å²) in [5, 5.41) is 17.6. The highest BCUT2D eigenvalue weighted by atomic mass is 79.9. The summed E-state index contributed by atoms with van der Waals surface area (Å²) in [6.07, 6.45) is 2.80. The normalized spacial score (nSPS) is 18.4. The van der Waals surface area contributed by atoms with Crippen LogP contribution in [-0.4, -0.2) is 33.3 Å². The number of pyridine rings is 1. The van der Waals surface area contributed by atoms with Gasteiger partial charge in [-0.1, -0.05) is 5.16 Å². The van der Waals surface area contributed by atoms with E-state index in [1.54, 1.807) is 6.20 Å². The van der Waals surface area contributed by atoms with E-state index >= 15 is 0 Å². The molecule has 1 saturated heterocycles. The number of nitrogens with one attached hydrogen (secondary N) is 1. The van der Waals surface area contributed by atoms with Crippen molar-refractivity contribution in [1.29, 1.82) is 0 Å². The van der Waals surface area contributed by atoms with E-state index in [2.05, 4.69) is 36.4 Å². The minimum atomic E-state index is -1.03. The third-order valence-electron chi connectivity index (χ3n) is 3.23. The van der Waals surface area contributed by atoms with E-state index in [0.717, 1.165) is 17.6 Å². The first-order chi connectivity index (χ1) is 9.19. The van der Waals surface area contributed by atoms with Crippen LogP contribution in [0.15, 0.2) is 27.3 Å². The molecule has 2 aromatic heterocycles. The van der Waals surface area contributed by atoms with Crippen LogP contribution in [0.1, 0.15) is 18.7 Å². The Kier molecular flexibility index (Phi) is 3.34. The zero-order valence-corrected chi connectivity index (χ0v) is 11.7. The first-order valence-corrected chi connectivity index (χ1v) is 6.86. The lowest BCUT2D eigenvalue weighted by Gasteiger charge is -2.28. The van der Waals surface area contributed by atoms with Gasteiger partial charge in [0.05, 0.1) is 0 Å². The Labute approximate surface area is 118 Å². The average molecular weight is 325 g/mol. The summed E-state index contributed by atoms with van der Waals surface area (Å²) in [6.45, 7) is 1.48. The van der Waals surface area contributed by atoms with Crippen LogP contribution in [0.5, 0.6) is 0 Å². The smallest absolute Gasteiger partial charge is 0.259 e. The number of aliphatic hydroxyl groups is 1. The van der Waals surface area contributed by atoms with Crippen molar-refractivity contribution in [2.75, 3.05) is 13.1 Å². The molecule has 2 N–H and O–H groups in total. The minimum Gasteiger partial charge on any atom is -0.380 e. The van der Waals surface area contributed by atoms with E-state index in [4.69, 9.17) is 4.52 Å². The van der Waals surface area contributed by atoms with Crippen LogP contribution in [0.4, 0.5) is 0 Å². The van der Waals surface area contributed by atoms with Gasteiger partial charge in [0.15, 0.2) is 0 Å². The Hall–Kier alpha value is -1.31. The molecule has 0 radical (unpaired) electrons. The van der Waals surface area contributed by atoms with Gasteiger partial charge in [-0.3, -0.25) is 4.98 Å². The second-order valence-electron chi connectivity index (χ2n) is 4.54. The topological polar surface area (TPSA) is 84.1 Å². The molecule has 2 aromatic rings. The summed E-state index contributed by atoms with van der Waals surface area (Å²) in [5.41, 5.74) is -0.423. The van der Waals surface area contributed by atoms with Gasteiger partial charge in [0.25, 0.3) is 5.89 Å². The van der Waals surface area contributed by atoms with E-state index in [9.17, 15) is 5.11 Å². The van der Waals surface area contributed by atoms with E-state index in [-0.39, 0.29) is 5.89 Å². The van der Waals surface area contributed by atoms with Crippen molar-refractivity contribution in [3.05, 3.63) is 28.7 Å². The van der Waals surface area contributed by atoms with Gasteiger partial charge in [-0.25, -0.2) is 0 Å². The predicted molar refractivity (Wildman–Crippen MR) is 71.2 cm³/mol. The van der Waals surface area contributed by atoms with Gasteiger partial charge < -0.3 is 14.9 Å². The molecule has 7 heteroatoms. The monoisotopic (exact) mass is 324 g/mol. The Morgan fingerprint density at radius 1 is 1.37 bits per heavy atom. The van der Waals surface area contributed by atoms with Crippen LogP contribution in [0.3, 0.4) is 0 Å². The number of piperidine rings is 1. The fourth-order valence-corrected chi connectivity index (χ4v) is 2.55. The molecule has 0 saturated carbocycles. The van der Waals surface area contributed by atoms with Crippen molar-refractivity contribution < 1.29 is 9.63 Å². The molecule has 100 valence electrons. The Bertz CT molecular complexity index is 581. The lowest BCUT2D eigenvalue weighted by Crippen LogP contribution is -2.39. The molecule has 0 atom stereocenters. The van der Waals surface area contributed by atoms with Crippen molar-refractivity contribution in [2.24, 2.45) is 0 Å². The molecule has 0 aromatic carbocycles. The Balaban J connectivity index is 1.93. The molecular weight excluding hydrogens is 312 g/mol. The fourth-order valence-electron chi connectivity index (χ4n) is 2.11. The van der Waals surface area contributed by atoms with E-state index < -0.39 is 5.60 Å². The van der Waals surface area contributed by atoms with Gasteiger partial charge in [-0.15, -0.1) is 0 Å². The molecule has 0 unspecified atom stereocenters. The highest BCUT2D eigenvalue weighted by Gasteiger charge is 2.37. The van der Waals surface area contributed by atoms with Crippen molar-refractivity contribution >= 4 is 15.9 Å². The lowest BCUT2D eigenvalue weighted by molar-refractivity contribution is -0.0228. The van der Waals surface area contributed by atoms with Gasteiger partial charge in [0, 0.05) is 10.7 Å². The second-order valence-corrected chi connectivity index (χ2v) is 5.39. The van der Waals surface area contributed by atoms with Crippen LogP contribution in [0, 0.1) is 0 Å². The number of hydrogen-bond donors (Lipinski definition) is 2. The summed E-state index contributed by atoms with van der Waals surface area (Å²) in [4.78, 5) is 8.49. The molecule has 0 aliphatic carbocycles. The van der Waals surface area contributed by atoms with Crippen LogP contribution in [0.25, 0.3) is 11.5 Å². The maximum atomic E-state index is 10.5. The number of halogens is 1. The summed E-state index contributed by atoms with van der Waals surface area (Å²) in [5.74, 6) is 0.649. The summed E-state index contributed by atoms with van der Waals surface area (Å²) >= 11 is 3.40. The number of rotatable bonds is 2. The second kappa shape index (κ2) is 4.99. The first-order valence-electron chi connectivity index (χ1n) is 6.07. The molecule has 0 bridgehead atoms. The molecule has 6 nitrogen and oxygen atoms in total. The molecule has 1 aliphatic rings. The molecule has 1 aliphatic heterocycles. The Morgan fingerprint density at radius 2 is 2.16 bits per heavy atom. The third kappa shape index (κ3) is 2.41. The zero-order valence-electron chi connectivity index (χ0n) is 10.1. The van der Waals surface area contributed by atoms with Gasteiger partial charge in [0.1, 0.15) is 11.3 Å². The maximum Gasteiger partial charge on any atom is 0.259 e. The highest BCUT2D eigenvalue weighted by molar-refractivity contribution is 9.10. The minimum absolute atomic E-state index is 0.265. The number of hydrogen-bond acceptors (Lipinski definition) is 6. The Morgan fingerprint density at radius 3 is 2.89 bits per heavy atom. The molecule has 3 heterocycles. The molecule has 19 heavy (non-hydrogen) atoms. The largest absolute Gasteiger partial charge is 0.380 e. The molecular formula is C12H13BrN4O2. The molecule has 0 spiro atoms. The van der Waals surface area contributed by atoms with Crippen molar-refractivity contribution in [3.63, 3.8) is 0 Å². The standard InChI is InChI=1S/C12H13BrN4O2/c13-8-2-1-5-15-9(8)10-16-11(19-17-10)12(18)3-6-14-7-4-12/h1-2,5,14,18H,3-4,6-7H2. The predicted octanol–water partition coefficient (Wildman–Crippen LogP) is 1.47. The van der Waals surface area contributed by atoms with Crippen molar-refractivity contribution in [1.82, 2.24) is 20.4 Å². The number of aromatic nitrogens is 3. The molecule has 0 amide bonds. The molecule has 1 fully saturated rings. The summed E-state index contributed by atoms with van der Waals surface area (Å²) in [7, 11) is 0. The van der Waals surface area contributed by atoms with E-state index in [0.29, 0.717) is 24.4 Å².